The molecule has 1 radical (unpaired) electrons. The second-order valence-corrected chi connectivity index (χ2v) is 10.5. The van der Waals surface area contributed by atoms with Crippen LogP contribution in [0.1, 0.15) is 0 Å². The summed E-state index contributed by atoms with van der Waals surface area (Å²) in [6.07, 6.45) is 3.50. The van der Waals surface area contributed by atoms with Crippen molar-refractivity contribution < 1.29 is 0 Å². The van der Waals surface area contributed by atoms with Gasteiger partial charge in [0.15, 0.2) is 0 Å². The topological polar surface area (TPSA) is 14.1 Å². The van der Waals surface area contributed by atoms with Crippen LogP contribution in [0.25, 0.3) is 0 Å². The molecular weight excluding hydrogens is 351 g/mol. The van der Waals surface area contributed by atoms with E-state index >= 15 is 0 Å². The van der Waals surface area contributed by atoms with Crippen molar-refractivity contribution in [3.05, 3.63) is 116 Å². The summed E-state index contributed by atoms with van der Waals surface area (Å²) >= 11 is -1.63. The smallest absolute Gasteiger partial charge is 0.0860 e. The van der Waals surface area contributed by atoms with E-state index in [2.05, 4.69) is 96.0 Å². The minimum Gasteiger partial charge on any atom is -0.670 e. The summed E-state index contributed by atoms with van der Waals surface area (Å²) in [5.74, 6) is 0. The molecule has 4 aromatic rings. The molecule has 117 valence electrons. The van der Waals surface area contributed by atoms with Gasteiger partial charge in [0.05, 0.1) is 0 Å². The fourth-order valence-corrected chi connectivity index (χ4v) is 7.97. The van der Waals surface area contributed by atoms with E-state index in [1.54, 1.807) is 12.4 Å². The van der Waals surface area contributed by atoms with Crippen LogP contribution in [0.3, 0.4) is 0 Å². The van der Waals surface area contributed by atoms with Gasteiger partial charge < -0.3 is 4.98 Å². The van der Waals surface area contributed by atoms with Gasteiger partial charge in [-0.15, -0.1) is 0 Å². The van der Waals surface area contributed by atoms with E-state index in [0.29, 0.717) is 0 Å². The minimum atomic E-state index is -1.63. The zero-order chi connectivity index (χ0) is 16.5. The molecule has 1 nitrogen and oxygen atoms in total. The van der Waals surface area contributed by atoms with E-state index in [-0.39, 0.29) is 0 Å². The van der Waals surface area contributed by atoms with Crippen LogP contribution in [0, 0.1) is 0 Å². The molecule has 1 aromatic heterocycles. The van der Waals surface area contributed by atoms with Gasteiger partial charge >= 0.3 is 119 Å². The van der Waals surface area contributed by atoms with Crippen molar-refractivity contribution in [3.8, 4) is 0 Å². The molecule has 0 N–H and O–H groups in total. The predicted molar refractivity (Wildman–Crippen MR) is 104 cm³/mol. The van der Waals surface area contributed by atoms with Gasteiger partial charge in [0.2, 0.25) is 0 Å². The van der Waals surface area contributed by atoms with E-state index < -0.39 is 14.3 Å². The maximum atomic E-state index is 3.72. The molecule has 3 aromatic carbocycles. The van der Waals surface area contributed by atoms with Gasteiger partial charge in [-0.2, -0.15) is 12.4 Å². The van der Waals surface area contributed by atoms with Crippen molar-refractivity contribution >= 4 is 27.5 Å². The Morgan fingerprint density at radius 2 is 0.750 bits per heavy atom. The van der Waals surface area contributed by atoms with Crippen molar-refractivity contribution in [2.45, 2.75) is 0 Å². The molecule has 0 aliphatic heterocycles. The van der Waals surface area contributed by atoms with Gasteiger partial charge in [0.25, 0.3) is 0 Å². The predicted octanol–water partition coefficient (Wildman–Crippen LogP) is 2.85. The molecular formula is C22H19GeN-. The Labute approximate surface area is 148 Å². The largest absolute Gasteiger partial charge is 0.670 e. The van der Waals surface area contributed by atoms with Gasteiger partial charge in [-0.1, -0.05) is 12.1 Å². The molecule has 0 fully saturated rings. The van der Waals surface area contributed by atoms with E-state index in [1.807, 2.05) is 12.1 Å². The van der Waals surface area contributed by atoms with E-state index in [0.717, 1.165) is 0 Å². The van der Waals surface area contributed by atoms with Crippen LogP contribution in [-0.4, -0.2) is 14.3 Å². The van der Waals surface area contributed by atoms with Crippen molar-refractivity contribution in [1.29, 1.82) is 0 Å². The van der Waals surface area contributed by atoms with E-state index in [9.17, 15) is 0 Å². The monoisotopic (exact) mass is 371 g/mol. The summed E-state index contributed by atoms with van der Waals surface area (Å²) < 4.78 is 4.50. The summed E-state index contributed by atoms with van der Waals surface area (Å²) in [7, 11) is 0. The Hall–Kier alpha value is -2.52. The fourth-order valence-electron chi connectivity index (χ4n) is 2.56. The molecule has 24 heavy (non-hydrogen) atoms. The maximum absolute atomic E-state index is 3.72. The first-order valence-corrected chi connectivity index (χ1v) is 11.1. The van der Waals surface area contributed by atoms with E-state index in [1.165, 1.54) is 13.2 Å². The average Bonchev–Trinajstić information content (AvgIpc) is 3.25. The molecule has 0 aliphatic rings. The van der Waals surface area contributed by atoms with Gasteiger partial charge in [0, 0.05) is 0 Å². The second kappa shape index (κ2) is 8.94. The molecule has 1 heterocycles. The number of hydrogen-bond donors (Lipinski definition) is 0. The Morgan fingerprint density at radius 3 is 1.00 bits per heavy atom. The number of aromatic nitrogens is 1. The molecule has 0 amide bonds. The van der Waals surface area contributed by atoms with Crippen LogP contribution in [0.2, 0.25) is 0 Å². The standard InChI is InChI=1S/C18H15Ge.C4H4N/c1-4-10-16(11-5-1)19(17-12-6-2-7-13-17)18-14-8-3-9-15-18;1-2-4-5-3-1/h1-15H;1-4H/q;-1. The Kier molecular flexibility index (Phi) is 6.09. The fraction of sp³-hybridized carbons (Fsp3) is 0. The zero-order valence-corrected chi connectivity index (χ0v) is 15.5. The Balaban J connectivity index is 0.000000290. The number of rotatable bonds is 3. The maximum Gasteiger partial charge on any atom is -0.0860 e. The van der Waals surface area contributed by atoms with Crippen molar-refractivity contribution in [2.24, 2.45) is 0 Å². The Bertz CT molecular complexity index is 685. The normalized spacial score (nSPS) is 10.0. The minimum absolute atomic E-state index is 1.50. The van der Waals surface area contributed by atoms with E-state index in [4.69, 9.17) is 0 Å². The third-order valence-electron chi connectivity index (χ3n) is 3.64. The van der Waals surface area contributed by atoms with Gasteiger partial charge in [-0.25, -0.2) is 0 Å². The Morgan fingerprint density at radius 1 is 0.417 bits per heavy atom. The third-order valence-corrected chi connectivity index (χ3v) is 9.37. The molecule has 0 spiro atoms. The van der Waals surface area contributed by atoms with Gasteiger partial charge in [-0.3, -0.25) is 0 Å². The summed E-state index contributed by atoms with van der Waals surface area (Å²) in [6, 6.07) is 36.6. The number of benzene rings is 3. The zero-order valence-electron chi connectivity index (χ0n) is 13.4. The van der Waals surface area contributed by atoms with Crippen LogP contribution >= 0.6 is 0 Å². The van der Waals surface area contributed by atoms with Crippen LogP contribution in [0.4, 0.5) is 0 Å². The van der Waals surface area contributed by atoms with Crippen molar-refractivity contribution in [2.75, 3.05) is 0 Å². The molecule has 0 bridgehead atoms. The van der Waals surface area contributed by atoms with Crippen LogP contribution in [0.15, 0.2) is 116 Å². The summed E-state index contributed by atoms with van der Waals surface area (Å²) in [5.41, 5.74) is 0. The van der Waals surface area contributed by atoms with Crippen LogP contribution in [-0.2, 0) is 0 Å². The molecule has 0 aliphatic carbocycles. The first-order valence-electron chi connectivity index (χ1n) is 8.00. The quantitative estimate of drug-likeness (QED) is 0.506. The average molecular weight is 370 g/mol. The SMILES string of the molecule is c1cc[c]([Ge]([c]2ccccc2)[c]2ccccc2)cc1.c1cc[n-]c1. The van der Waals surface area contributed by atoms with Gasteiger partial charge in [0.1, 0.15) is 0 Å². The first-order chi connectivity index (χ1) is 11.9. The molecule has 0 atom stereocenters. The first kappa shape index (κ1) is 16.3. The van der Waals surface area contributed by atoms with Crippen molar-refractivity contribution in [3.63, 3.8) is 0 Å². The molecule has 0 saturated heterocycles. The second-order valence-electron chi connectivity index (χ2n) is 5.31. The van der Waals surface area contributed by atoms with Crippen LogP contribution in [0.5, 0.6) is 0 Å². The van der Waals surface area contributed by atoms with Gasteiger partial charge in [-0.05, 0) is 0 Å². The molecule has 4 rings (SSSR count). The number of nitrogens with zero attached hydrogens (tertiary/aromatic N) is 1. The molecule has 2 heteroatoms. The summed E-state index contributed by atoms with van der Waals surface area (Å²) in [5, 5.41) is 0. The van der Waals surface area contributed by atoms with Crippen molar-refractivity contribution in [1.82, 2.24) is 4.98 Å². The summed E-state index contributed by atoms with van der Waals surface area (Å²) in [6.45, 7) is 0. The molecule has 0 saturated carbocycles. The number of hydrogen-bond acceptors (Lipinski definition) is 0. The third kappa shape index (κ3) is 4.49. The molecule has 0 unspecified atom stereocenters. The summed E-state index contributed by atoms with van der Waals surface area (Å²) in [4.78, 5) is 3.72. The van der Waals surface area contributed by atoms with Crippen LogP contribution < -0.4 is 18.2 Å².